The van der Waals surface area contributed by atoms with Crippen LogP contribution < -0.4 is 10.6 Å². The maximum Gasteiger partial charge on any atom is 0.254 e. The second-order valence-electron chi connectivity index (χ2n) is 3.47. The molecule has 2 rings (SSSR count). The van der Waals surface area contributed by atoms with Crippen LogP contribution in [-0.2, 0) is 0 Å². The largest absolute Gasteiger partial charge is 0.368 e. The van der Waals surface area contributed by atoms with E-state index in [1.165, 1.54) is 6.20 Å². The topological polar surface area (TPSA) is 54.0 Å². The van der Waals surface area contributed by atoms with Crippen LogP contribution in [0.1, 0.15) is 10.4 Å². The second kappa shape index (κ2) is 5.65. The van der Waals surface area contributed by atoms with E-state index in [1.54, 1.807) is 18.3 Å². The van der Waals surface area contributed by atoms with Crippen LogP contribution in [0.5, 0.6) is 0 Å². The molecule has 1 aromatic heterocycles. The number of nitrogens with one attached hydrogen (secondary N) is 2. The van der Waals surface area contributed by atoms with Gasteiger partial charge in [-0.25, -0.2) is 0 Å². The summed E-state index contributed by atoms with van der Waals surface area (Å²) in [6.45, 7) is 0.387. The summed E-state index contributed by atoms with van der Waals surface area (Å²) in [6, 6.07) is 13.2. The third-order valence-corrected chi connectivity index (χ3v) is 2.24. The maximum atomic E-state index is 11.6. The minimum Gasteiger partial charge on any atom is -0.368 e. The third kappa shape index (κ3) is 3.31. The van der Waals surface area contributed by atoms with Gasteiger partial charge < -0.3 is 10.6 Å². The molecule has 0 saturated carbocycles. The fourth-order valence-corrected chi connectivity index (χ4v) is 1.38. The highest BCUT2D eigenvalue weighted by atomic mass is 16.1. The minimum absolute atomic E-state index is 0.137. The number of carbonyl (C=O) groups excluding carboxylic acids is 1. The van der Waals surface area contributed by atoms with E-state index in [9.17, 15) is 4.79 Å². The van der Waals surface area contributed by atoms with Gasteiger partial charge in [-0.15, -0.1) is 0 Å². The van der Waals surface area contributed by atoms with Gasteiger partial charge in [0.05, 0.1) is 12.2 Å². The summed E-state index contributed by atoms with van der Waals surface area (Å²) in [5.41, 5.74) is 1.53. The molecular formula is C13H13N3O. The number of anilines is 1. The molecule has 4 nitrogen and oxygen atoms in total. The fourth-order valence-electron chi connectivity index (χ4n) is 1.38. The number of pyridine rings is 1. The van der Waals surface area contributed by atoms with Gasteiger partial charge in [-0.05, 0) is 24.3 Å². The molecule has 0 unspecified atom stereocenters. The van der Waals surface area contributed by atoms with Gasteiger partial charge in [0.25, 0.3) is 5.91 Å². The third-order valence-electron chi connectivity index (χ3n) is 2.24. The highest BCUT2D eigenvalue weighted by molar-refractivity contribution is 5.93. The Kier molecular flexibility index (Phi) is 3.70. The number of nitrogens with zero attached hydrogens (tertiary/aromatic N) is 1. The Morgan fingerprint density at radius 2 is 1.94 bits per heavy atom. The number of hydrogen-bond donors (Lipinski definition) is 2. The van der Waals surface area contributed by atoms with E-state index in [2.05, 4.69) is 15.6 Å². The Hall–Kier alpha value is -2.36. The summed E-state index contributed by atoms with van der Waals surface area (Å²) in [5, 5.41) is 5.85. The van der Waals surface area contributed by atoms with Crippen LogP contribution in [0.3, 0.4) is 0 Å². The molecule has 17 heavy (non-hydrogen) atoms. The summed E-state index contributed by atoms with van der Waals surface area (Å²) in [6.07, 6.45) is 3.18. The first-order valence-electron chi connectivity index (χ1n) is 5.33. The molecule has 0 spiro atoms. The van der Waals surface area contributed by atoms with Crippen molar-refractivity contribution in [2.75, 3.05) is 12.0 Å². The predicted octanol–water partition coefficient (Wildman–Crippen LogP) is 1.88. The van der Waals surface area contributed by atoms with Crippen molar-refractivity contribution in [3.05, 3.63) is 60.4 Å². The smallest absolute Gasteiger partial charge is 0.254 e. The highest BCUT2D eigenvalue weighted by Gasteiger charge is 2.02. The summed E-state index contributed by atoms with van der Waals surface area (Å²) in [5.74, 6) is -0.137. The molecule has 1 aromatic carbocycles. The minimum atomic E-state index is -0.137. The summed E-state index contributed by atoms with van der Waals surface area (Å²) in [4.78, 5) is 15.5. The molecule has 4 heteroatoms. The van der Waals surface area contributed by atoms with Gasteiger partial charge in [-0.1, -0.05) is 18.2 Å². The molecule has 0 saturated heterocycles. The number of carbonyl (C=O) groups is 1. The molecule has 0 radical (unpaired) electrons. The Balaban J connectivity index is 1.82. The van der Waals surface area contributed by atoms with Gasteiger partial charge in [0.2, 0.25) is 0 Å². The van der Waals surface area contributed by atoms with Crippen molar-refractivity contribution in [2.24, 2.45) is 0 Å². The van der Waals surface area contributed by atoms with Crippen molar-refractivity contribution in [3.63, 3.8) is 0 Å². The average molecular weight is 227 g/mol. The molecule has 0 aliphatic heterocycles. The van der Waals surface area contributed by atoms with Crippen LogP contribution in [0.25, 0.3) is 0 Å². The zero-order chi connectivity index (χ0) is 11.9. The molecule has 0 atom stereocenters. The number of hydrogen-bond acceptors (Lipinski definition) is 3. The van der Waals surface area contributed by atoms with E-state index in [1.807, 2.05) is 30.3 Å². The van der Waals surface area contributed by atoms with Crippen molar-refractivity contribution in [2.45, 2.75) is 0 Å². The number of para-hydroxylation sites is 1. The van der Waals surface area contributed by atoms with Crippen LogP contribution in [0, 0.1) is 0 Å². The molecular weight excluding hydrogens is 214 g/mol. The van der Waals surface area contributed by atoms with Crippen molar-refractivity contribution >= 4 is 11.6 Å². The zero-order valence-corrected chi connectivity index (χ0v) is 9.26. The van der Waals surface area contributed by atoms with Crippen LogP contribution in [0.2, 0.25) is 0 Å². The summed E-state index contributed by atoms with van der Waals surface area (Å²) < 4.78 is 0. The number of amides is 1. The van der Waals surface area contributed by atoms with Gasteiger partial charge in [0, 0.05) is 18.1 Å². The molecule has 1 amide bonds. The molecule has 2 N–H and O–H groups in total. The van der Waals surface area contributed by atoms with E-state index >= 15 is 0 Å². The number of aromatic nitrogens is 1. The normalized spacial score (nSPS) is 9.65. The molecule has 0 aliphatic rings. The van der Waals surface area contributed by atoms with E-state index in [4.69, 9.17) is 0 Å². The van der Waals surface area contributed by atoms with E-state index in [-0.39, 0.29) is 5.91 Å². The molecule has 86 valence electrons. The van der Waals surface area contributed by atoms with Crippen molar-refractivity contribution < 1.29 is 4.79 Å². The Morgan fingerprint density at radius 1 is 1.12 bits per heavy atom. The lowest BCUT2D eigenvalue weighted by Crippen LogP contribution is -2.28. The Bertz CT molecular complexity index is 471. The van der Waals surface area contributed by atoms with Crippen LogP contribution >= 0.6 is 0 Å². The van der Waals surface area contributed by atoms with Crippen LogP contribution in [0.15, 0.2) is 54.9 Å². The Labute approximate surface area is 99.7 Å². The molecule has 0 fully saturated rings. The van der Waals surface area contributed by atoms with Crippen LogP contribution in [-0.4, -0.2) is 17.6 Å². The lowest BCUT2D eigenvalue weighted by molar-refractivity contribution is 0.0956. The standard InChI is InChI=1S/C13H13N3O/c17-13(11-5-4-8-14-9-11)16-10-15-12-6-2-1-3-7-12/h1-9,15H,10H2,(H,16,17). The lowest BCUT2D eigenvalue weighted by atomic mass is 10.3. The second-order valence-corrected chi connectivity index (χ2v) is 3.47. The summed E-state index contributed by atoms with van der Waals surface area (Å²) >= 11 is 0. The quantitative estimate of drug-likeness (QED) is 0.784. The molecule has 2 aromatic rings. The Morgan fingerprint density at radius 3 is 2.65 bits per heavy atom. The van der Waals surface area contributed by atoms with Crippen molar-refractivity contribution in [1.82, 2.24) is 10.3 Å². The predicted molar refractivity (Wildman–Crippen MR) is 66.6 cm³/mol. The van der Waals surface area contributed by atoms with E-state index in [0.717, 1.165) is 5.69 Å². The summed E-state index contributed by atoms with van der Waals surface area (Å²) in [7, 11) is 0. The molecule has 0 bridgehead atoms. The number of rotatable bonds is 4. The van der Waals surface area contributed by atoms with Gasteiger partial charge >= 0.3 is 0 Å². The van der Waals surface area contributed by atoms with Crippen molar-refractivity contribution in [3.8, 4) is 0 Å². The molecule has 1 heterocycles. The highest BCUT2D eigenvalue weighted by Crippen LogP contribution is 2.03. The monoisotopic (exact) mass is 227 g/mol. The first-order chi connectivity index (χ1) is 8.36. The first kappa shape index (κ1) is 11.1. The lowest BCUT2D eigenvalue weighted by Gasteiger charge is -2.07. The van der Waals surface area contributed by atoms with Gasteiger partial charge in [-0.3, -0.25) is 9.78 Å². The van der Waals surface area contributed by atoms with Gasteiger partial charge in [0.1, 0.15) is 0 Å². The van der Waals surface area contributed by atoms with Gasteiger partial charge in [0.15, 0.2) is 0 Å². The fraction of sp³-hybridized carbons (Fsp3) is 0.0769. The van der Waals surface area contributed by atoms with Crippen LogP contribution in [0.4, 0.5) is 5.69 Å². The van der Waals surface area contributed by atoms with E-state index in [0.29, 0.717) is 12.2 Å². The van der Waals surface area contributed by atoms with E-state index < -0.39 is 0 Å². The first-order valence-corrected chi connectivity index (χ1v) is 5.33. The average Bonchev–Trinajstić information content (AvgIpc) is 2.41. The SMILES string of the molecule is O=C(NCNc1ccccc1)c1cccnc1. The van der Waals surface area contributed by atoms with Crippen molar-refractivity contribution in [1.29, 1.82) is 0 Å². The molecule has 0 aliphatic carbocycles. The maximum absolute atomic E-state index is 11.6. The zero-order valence-electron chi connectivity index (χ0n) is 9.26. The number of benzene rings is 1. The van der Waals surface area contributed by atoms with Gasteiger partial charge in [-0.2, -0.15) is 0 Å².